The second-order valence-corrected chi connectivity index (χ2v) is 6.63. The zero-order valence-corrected chi connectivity index (χ0v) is 15.3. The van der Waals surface area contributed by atoms with Gasteiger partial charge in [0, 0.05) is 37.4 Å². The molecular formula is C21H26N2O2. The number of benzene rings is 2. The Hall–Kier alpha value is -2.33. The summed E-state index contributed by atoms with van der Waals surface area (Å²) in [4.78, 5) is 17.1. The highest BCUT2D eigenvalue weighted by Gasteiger charge is 2.21. The van der Waals surface area contributed by atoms with Crippen molar-refractivity contribution in [3.05, 3.63) is 59.2 Å². The van der Waals surface area contributed by atoms with Crippen molar-refractivity contribution in [1.82, 2.24) is 4.90 Å². The lowest BCUT2D eigenvalue weighted by Crippen LogP contribution is -2.48. The second-order valence-electron chi connectivity index (χ2n) is 6.63. The second kappa shape index (κ2) is 7.70. The van der Waals surface area contributed by atoms with Crippen molar-refractivity contribution < 1.29 is 9.53 Å². The van der Waals surface area contributed by atoms with Gasteiger partial charge in [-0.15, -0.1) is 0 Å². The molecule has 132 valence electrons. The maximum Gasteiger partial charge on any atom is 0.176 e. The maximum atomic E-state index is 12.5. The molecule has 1 fully saturated rings. The molecule has 0 saturated carbocycles. The van der Waals surface area contributed by atoms with E-state index in [2.05, 4.69) is 41.8 Å². The Labute approximate surface area is 150 Å². The summed E-state index contributed by atoms with van der Waals surface area (Å²) in [7, 11) is 1.63. The molecule has 3 rings (SSSR count). The molecule has 25 heavy (non-hydrogen) atoms. The standard InChI is InChI=1S/C21H26N2O2/c1-16-5-4-6-20(17(16)2)23-13-11-22(12-14-23)15-21(24)18-7-9-19(25-3)10-8-18/h4-10H,11-15H2,1-3H3. The summed E-state index contributed by atoms with van der Waals surface area (Å²) < 4.78 is 5.14. The van der Waals surface area contributed by atoms with Crippen molar-refractivity contribution in [2.24, 2.45) is 0 Å². The number of methoxy groups -OCH3 is 1. The highest BCUT2D eigenvalue weighted by atomic mass is 16.5. The maximum absolute atomic E-state index is 12.5. The van der Waals surface area contributed by atoms with E-state index in [-0.39, 0.29) is 5.78 Å². The Morgan fingerprint density at radius 3 is 2.32 bits per heavy atom. The van der Waals surface area contributed by atoms with E-state index in [4.69, 9.17) is 4.74 Å². The minimum atomic E-state index is 0.169. The molecule has 1 heterocycles. The van der Waals surface area contributed by atoms with Crippen molar-refractivity contribution in [3.8, 4) is 5.75 Å². The van der Waals surface area contributed by atoms with Crippen LogP contribution in [0.3, 0.4) is 0 Å². The summed E-state index contributed by atoms with van der Waals surface area (Å²) in [5.41, 5.74) is 4.75. The fourth-order valence-corrected chi connectivity index (χ4v) is 3.30. The van der Waals surface area contributed by atoms with Crippen molar-refractivity contribution in [1.29, 1.82) is 0 Å². The summed E-state index contributed by atoms with van der Waals surface area (Å²) in [6, 6.07) is 13.8. The van der Waals surface area contributed by atoms with E-state index in [0.29, 0.717) is 6.54 Å². The van der Waals surface area contributed by atoms with Gasteiger partial charge < -0.3 is 9.64 Å². The van der Waals surface area contributed by atoms with Gasteiger partial charge in [-0.05, 0) is 55.3 Å². The number of anilines is 1. The van der Waals surface area contributed by atoms with Crippen LogP contribution in [0.5, 0.6) is 5.75 Å². The molecule has 0 unspecified atom stereocenters. The first-order chi connectivity index (χ1) is 12.1. The van der Waals surface area contributed by atoms with Crippen LogP contribution in [0, 0.1) is 13.8 Å². The third kappa shape index (κ3) is 4.02. The number of ether oxygens (including phenoxy) is 1. The smallest absolute Gasteiger partial charge is 0.176 e. The molecule has 1 aliphatic rings. The number of carbonyl (C=O) groups excluding carboxylic acids is 1. The quantitative estimate of drug-likeness (QED) is 0.783. The van der Waals surface area contributed by atoms with E-state index in [9.17, 15) is 4.79 Å². The third-order valence-corrected chi connectivity index (χ3v) is 5.07. The van der Waals surface area contributed by atoms with Crippen LogP contribution in [0.1, 0.15) is 21.5 Å². The van der Waals surface area contributed by atoms with E-state index in [1.807, 2.05) is 24.3 Å². The third-order valence-electron chi connectivity index (χ3n) is 5.07. The number of Topliss-reactive ketones (excluding diaryl/α,β-unsaturated/α-hetero) is 1. The molecule has 0 atom stereocenters. The Morgan fingerprint density at radius 2 is 1.68 bits per heavy atom. The topological polar surface area (TPSA) is 32.8 Å². The van der Waals surface area contributed by atoms with E-state index in [0.717, 1.165) is 37.5 Å². The van der Waals surface area contributed by atoms with Gasteiger partial charge in [-0.3, -0.25) is 9.69 Å². The Morgan fingerprint density at radius 1 is 1.00 bits per heavy atom. The summed E-state index contributed by atoms with van der Waals surface area (Å²) in [6.07, 6.45) is 0. The van der Waals surface area contributed by atoms with Gasteiger partial charge in [-0.25, -0.2) is 0 Å². The van der Waals surface area contributed by atoms with Crippen molar-refractivity contribution in [2.45, 2.75) is 13.8 Å². The molecule has 4 nitrogen and oxygen atoms in total. The number of rotatable bonds is 5. The summed E-state index contributed by atoms with van der Waals surface area (Å²) >= 11 is 0. The number of carbonyl (C=O) groups is 1. The summed E-state index contributed by atoms with van der Waals surface area (Å²) in [5.74, 6) is 0.946. The molecule has 0 aliphatic carbocycles. The van der Waals surface area contributed by atoms with Crippen molar-refractivity contribution in [2.75, 3.05) is 44.7 Å². The van der Waals surface area contributed by atoms with E-state index in [1.165, 1.54) is 16.8 Å². The SMILES string of the molecule is COc1ccc(C(=O)CN2CCN(c3cccc(C)c3C)CC2)cc1. The zero-order chi connectivity index (χ0) is 17.8. The van der Waals surface area contributed by atoms with Crippen LogP contribution in [0.25, 0.3) is 0 Å². The molecule has 0 bridgehead atoms. The average Bonchev–Trinajstić information content (AvgIpc) is 2.65. The Bertz CT molecular complexity index is 732. The van der Waals surface area contributed by atoms with Crippen LogP contribution >= 0.6 is 0 Å². The zero-order valence-electron chi connectivity index (χ0n) is 15.3. The van der Waals surface area contributed by atoms with Gasteiger partial charge in [0.15, 0.2) is 5.78 Å². The molecule has 0 aromatic heterocycles. The number of aryl methyl sites for hydroxylation is 1. The summed E-state index contributed by atoms with van der Waals surface area (Å²) in [5, 5.41) is 0. The molecule has 0 N–H and O–H groups in total. The number of hydrogen-bond acceptors (Lipinski definition) is 4. The van der Waals surface area contributed by atoms with E-state index >= 15 is 0 Å². The molecule has 1 aliphatic heterocycles. The largest absolute Gasteiger partial charge is 0.497 e. The van der Waals surface area contributed by atoms with Crippen LogP contribution in [0.2, 0.25) is 0 Å². The highest BCUT2D eigenvalue weighted by Crippen LogP contribution is 2.24. The number of piperazine rings is 1. The van der Waals surface area contributed by atoms with Crippen LogP contribution in [0.15, 0.2) is 42.5 Å². The molecular weight excluding hydrogens is 312 g/mol. The van der Waals surface area contributed by atoms with Crippen molar-refractivity contribution in [3.63, 3.8) is 0 Å². The van der Waals surface area contributed by atoms with Crippen LogP contribution < -0.4 is 9.64 Å². The van der Waals surface area contributed by atoms with Crippen LogP contribution in [-0.2, 0) is 0 Å². The lowest BCUT2D eigenvalue weighted by atomic mass is 10.1. The highest BCUT2D eigenvalue weighted by molar-refractivity contribution is 5.97. The molecule has 0 radical (unpaired) electrons. The minimum Gasteiger partial charge on any atom is -0.497 e. The normalized spacial score (nSPS) is 15.2. The van der Waals surface area contributed by atoms with Crippen LogP contribution in [-0.4, -0.2) is 50.5 Å². The van der Waals surface area contributed by atoms with Crippen molar-refractivity contribution >= 4 is 11.5 Å². The van der Waals surface area contributed by atoms with Gasteiger partial charge >= 0.3 is 0 Å². The van der Waals surface area contributed by atoms with Gasteiger partial charge in [-0.1, -0.05) is 12.1 Å². The lowest BCUT2D eigenvalue weighted by Gasteiger charge is -2.36. The lowest BCUT2D eigenvalue weighted by molar-refractivity contribution is 0.0926. The van der Waals surface area contributed by atoms with Gasteiger partial charge in [0.25, 0.3) is 0 Å². The van der Waals surface area contributed by atoms with Gasteiger partial charge in [0.1, 0.15) is 5.75 Å². The molecule has 1 saturated heterocycles. The first kappa shape index (κ1) is 17.5. The number of nitrogens with zero attached hydrogens (tertiary/aromatic N) is 2. The molecule has 2 aromatic rings. The van der Waals surface area contributed by atoms with Gasteiger partial charge in [0.05, 0.1) is 13.7 Å². The predicted molar refractivity (Wildman–Crippen MR) is 102 cm³/mol. The van der Waals surface area contributed by atoms with Gasteiger partial charge in [0.2, 0.25) is 0 Å². The minimum absolute atomic E-state index is 0.169. The monoisotopic (exact) mass is 338 g/mol. The summed E-state index contributed by atoms with van der Waals surface area (Å²) in [6.45, 7) is 8.56. The van der Waals surface area contributed by atoms with E-state index < -0.39 is 0 Å². The Balaban J connectivity index is 1.57. The number of hydrogen-bond donors (Lipinski definition) is 0. The predicted octanol–water partition coefficient (Wildman–Crippen LogP) is 3.32. The molecule has 0 spiro atoms. The molecule has 2 aromatic carbocycles. The average molecular weight is 338 g/mol. The van der Waals surface area contributed by atoms with Gasteiger partial charge in [-0.2, -0.15) is 0 Å². The van der Waals surface area contributed by atoms with E-state index in [1.54, 1.807) is 7.11 Å². The molecule has 4 heteroatoms. The first-order valence-corrected chi connectivity index (χ1v) is 8.79. The first-order valence-electron chi connectivity index (χ1n) is 8.79. The molecule has 0 amide bonds. The van der Waals surface area contributed by atoms with Crippen LogP contribution in [0.4, 0.5) is 5.69 Å². The fourth-order valence-electron chi connectivity index (χ4n) is 3.30. The number of ketones is 1. The Kier molecular flexibility index (Phi) is 5.39. The fraction of sp³-hybridized carbons (Fsp3) is 0.381.